The molecule has 0 aromatic heterocycles. The summed E-state index contributed by atoms with van der Waals surface area (Å²) in [5, 5.41) is 0. The fraction of sp³-hybridized carbons (Fsp3) is 0.905. The van der Waals surface area contributed by atoms with Crippen LogP contribution in [0.1, 0.15) is 125 Å². The number of unbranched alkanes of at least 4 members (excludes halogenated alkanes) is 4. The van der Waals surface area contributed by atoms with Crippen molar-refractivity contribution in [2.45, 2.75) is 109 Å². The highest BCUT2D eigenvalue weighted by atomic mass is 16.7. The minimum atomic E-state index is -4.27. The Kier molecular flexibility index (Phi) is 4.98. The van der Waals surface area contributed by atoms with Crippen molar-refractivity contribution < 1.29 is 31.4 Å². The number of ether oxygens (including phenoxy) is 2. The maximum absolute atomic E-state index is 8.22. The van der Waals surface area contributed by atoms with Crippen molar-refractivity contribution >= 4 is 0 Å². The zero-order chi connectivity index (χ0) is 30.8. The van der Waals surface area contributed by atoms with Crippen molar-refractivity contribution in [2.75, 3.05) is 13.2 Å². The van der Waals surface area contributed by atoms with Crippen LogP contribution in [-0.4, -0.2) is 19.5 Å². The van der Waals surface area contributed by atoms with E-state index < -0.39 is 57.5 Å². The van der Waals surface area contributed by atoms with Crippen LogP contribution in [0.15, 0.2) is 0 Å². The smallest absolute Gasteiger partial charge is 0.157 e. The molecule has 0 N–H and O–H groups in total. The van der Waals surface area contributed by atoms with Crippen LogP contribution in [0.4, 0.5) is 0 Å². The van der Waals surface area contributed by atoms with Gasteiger partial charge in [0, 0.05) is 45.2 Å². The molecule has 1 atom stereocenters. The van der Waals surface area contributed by atoms with Crippen LogP contribution in [0.25, 0.3) is 0 Å². The number of rotatable bonds is 13. The van der Waals surface area contributed by atoms with Gasteiger partial charge in [-0.25, -0.2) is 0 Å². The standard InChI is InChI=1S/C21H38O2/c1-2-3-4-5-6-7-8-9-10-11-12-13-14-16-19-22-21-18-15-17-20-23-21/h21H,2-6,9-20H2,1H3/i9D2,10D2,11D2,12D2,13D2,14D2,16D2,19D2. The van der Waals surface area contributed by atoms with E-state index >= 15 is 0 Å². The van der Waals surface area contributed by atoms with E-state index in [0.29, 0.717) is 19.3 Å². The summed E-state index contributed by atoms with van der Waals surface area (Å²) in [6.45, 7) is -1.45. The highest BCUT2D eigenvalue weighted by Crippen LogP contribution is 2.14. The fourth-order valence-corrected chi connectivity index (χ4v) is 1.86. The summed E-state index contributed by atoms with van der Waals surface area (Å²) < 4.78 is 141. The van der Waals surface area contributed by atoms with Gasteiger partial charge in [0.2, 0.25) is 0 Å². The SMILES string of the molecule is [2H]C([2H])(C#CCCCCCC)C([2H])([2H])C([2H])([2H])C([2H])([2H])C([2H])([2H])C([2H])([2H])C([2H])([2H])C([2H])([2H])OC1CCCCO1. The predicted molar refractivity (Wildman–Crippen MR) is 98.4 cm³/mol. The van der Waals surface area contributed by atoms with Crippen molar-refractivity contribution in [1.29, 1.82) is 0 Å². The molecule has 134 valence electrons. The van der Waals surface area contributed by atoms with Crippen LogP contribution >= 0.6 is 0 Å². The molecule has 2 heteroatoms. The van der Waals surface area contributed by atoms with Gasteiger partial charge in [0.25, 0.3) is 0 Å². The largest absolute Gasteiger partial charge is 0.353 e. The lowest BCUT2D eigenvalue weighted by Gasteiger charge is -2.22. The molecule has 0 aromatic rings. The van der Waals surface area contributed by atoms with E-state index in [1.165, 1.54) is 0 Å². The maximum atomic E-state index is 8.22. The van der Waals surface area contributed by atoms with E-state index in [2.05, 4.69) is 5.92 Å². The molecule has 0 radical (unpaired) electrons. The minimum absolute atomic E-state index is 0.143. The van der Waals surface area contributed by atoms with Crippen LogP contribution in [0.5, 0.6) is 0 Å². The van der Waals surface area contributed by atoms with Gasteiger partial charge in [0.05, 0.1) is 2.74 Å². The third-order valence-corrected chi connectivity index (χ3v) is 3.06. The van der Waals surface area contributed by atoms with Crippen LogP contribution in [0.3, 0.4) is 0 Å². The lowest BCUT2D eigenvalue weighted by molar-refractivity contribution is -0.162. The van der Waals surface area contributed by atoms with Crippen LogP contribution in [0, 0.1) is 11.8 Å². The van der Waals surface area contributed by atoms with E-state index in [1.807, 2.05) is 12.8 Å². The summed E-state index contributed by atoms with van der Waals surface area (Å²) in [5.41, 5.74) is 0. The normalized spacial score (nSPS) is 33.0. The number of hydrogen-bond acceptors (Lipinski definition) is 2. The summed E-state index contributed by atoms with van der Waals surface area (Å²) in [6, 6.07) is 0. The first-order valence-corrected chi connectivity index (χ1v) is 8.18. The molecule has 1 aliphatic heterocycles. The average molecular weight is 339 g/mol. The predicted octanol–water partition coefficient (Wildman–Crippen LogP) is 6.23. The summed E-state index contributed by atoms with van der Waals surface area (Å²) in [7, 11) is 0. The Morgan fingerprint density at radius 1 is 1.00 bits per heavy atom. The molecule has 2 nitrogen and oxygen atoms in total. The Hall–Kier alpha value is -0.520. The van der Waals surface area contributed by atoms with Gasteiger partial charge in [-0.3, -0.25) is 0 Å². The Bertz CT molecular complexity index is 869. The second-order valence-corrected chi connectivity index (χ2v) is 5.00. The van der Waals surface area contributed by atoms with Gasteiger partial charge < -0.3 is 9.47 Å². The molecule has 23 heavy (non-hydrogen) atoms. The fourth-order valence-electron chi connectivity index (χ4n) is 1.86. The zero-order valence-electron chi connectivity index (χ0n) is 29.8. The first-order valence-electron chi connectivity index (χ1n) is 16.2. The second kappa shape index (κ2) is 16.3. The minimum Gasteiger partial charge on any atom is -0.353 e. The molecule has 1 heterocycles. The van der Waals surface area contributed by atoms with Gasteiger partial charge >= 0.3 is 0 Å². The van der Waals surface area contributed by atoms with Crippen molar-refractivity contribution in [1.82, 2.24) is 0 Å². The summed E-state index contributed by atoms with van der Waals surface area (Å²) in [6.07, 6.45) is -24.6. The zero-order valence-corrected chi connectivity index (χ0v) is 13.8. The van der Waals surface area contributed by atoms with Gasteiger partial charge in [-0.15, -0.1) is 11.8 Å². The van der Waals surface area contributed by atoms with Gasteiger partial charge in [-0.1, -0.05) is 51.7 Å². The lowest BCUT2D eigenvalue weighted by Crippen LogP contribution is -2.22. The summed E-state index contributed by atoms with van der Waals surface area (Å²) in [4.78, 5) is 0. The molecule has 0 aromatic carbocycles. The topological polar surface area (TPSA) is 18.5 Å². The monoisotopic (exact) mass is 338 g/mol. The highest BCUT2D eigenvalue weighted by molar-refractivity contribution is 4.98. The third kappa shape index (κ3) is 13.6. The summed E-state index contributed by atoms with van der Waals surface area (Å²) >= 11 is 0. The highest BCUT2D eigenvalue weighted by Gasteiger charge is 2.13. The molecule has 1 fully saturated rings. The Morgan fingerprint density at radius 3 is 2.61 bits per heavy atom. The molecule has 0 saturated carbocycles. The molecular formula is C21H38O2. The van der Waals surface area contributed by atoms with E-state index in [9.17, 15) is 0 Å². The van der Waals surface area contributed by atoms with E-state index in [-0.39, 0.29) is 19.4 Å². The van der Waals surface area contributed by atoms with E-state index in [1.54, 1.807) is 0 Å². The molecule has 0 amide bonds. The van der Waals surface area contributed by atoms with Crippen molar-refractivity contribution in [3.05, 3.63) is 0 Å². The molecule has 0 spiro atoms. The Morgan fingerprint density at radius 2 is 1.83 bits per heavy atom. The molecule has 1 rings (SSSR count). The molecule has 0 bridgehead atoms. The van der Waals surface area contributed by atoms with Crippen LogP contribution < -0.4 is 0 Å². The van der Waals surface area contributed by atoms with E-state index in [0.717, 1.165) is 19.3 Å². The van der Waals surface area contributed by atoms with Gasteiger partial charge in [0.15, 0.2) is 6.29 Å². The van der Waals surface area contributed by atoms with Crippen molar-refractivity contribution in [3.63, 3.8) is 0 Å². The first-order chi connectivity index (χ1) is 17.4. The first kappa shape index (κ1) is 7.00. The lowest BCUT2D eigenvalue weighted by atomic mass is 10.1. The number of hydrogen-bond donors (Lipinski definition) is 0. The van der Waals surface area contributed by atoms with Crippen LogP contribution in [0.2, 0.25) is 0 Å². The maximum Gasteiger partial charge on any atom is 0.157 e. The quantitative estimate of drug-likeness (QED) is 0.292. The van der Waals surface area contributed by atoms with Crippen molar-refractivity contribution in [3.8, 4) is 11.8 Å². The van der Waals surface area contributed by atoms with Crippen molar-refractivity contribution in [2.24, 2.45) is 0 Å². The van der Waals surface area contributed by atoms with Gasteiger partial charge in [0.1, 0.15) is 0 Å². The molecule has 1 unspecified atom stereocenters. The molecule has 0 aliphatic carbocycles. The third-order valence-electron chi connectivity index (χ3n) is 3.06. The van der Waals surface area contributed by atoms with Crippen LogP contribution in [-0.2, 0) is 9.47 Å². The van der Waals surface area contributed by atoms with Gasteiger partial charge in [-0.05, 0) is 38.4 Å². The molecule has 1 saturated heterocycles. The molecule has 1 aliphatic rings. The Labute approximate surface area is 167 Å². The molecular weight excluding hydrogens is 284 g/mol. The Balaban J connectivity index is 3.40. The van der Waals surface area contributed by atoms with Gasteiger partial charge in [-0.2, -0.15) is 0 Å². The summed E-state index contributed by atoms with van der Waals surface area (Å²) in [5.74, 6) is 4.37. The van der Waals surface area contributed by atoms with E-state index in [4.69, 9.17) is 31.4 Å². The second-order valence-electron chi connectivity index (χ2n) is 5.00. The average Bonchev–Trinajstić information content (AvgIpc) is 2.80.